The van der Waals surface area contributed by atoms with Crippen LogP contribution in [0.5, 0.6) is 11.5 Å². The Morgan fingerprint density at radius 2 is 0.884 bits per heavy atom. The monoisotopic (exact) mass is 588 g/mol. The summed E-state index contributed by atoms with van der Waals surface area (Å²) in [4.78, 5) is 26.0. The summed E-state index contributed by atoms with van der Waals surface area (Å²) in [7, 11) is 0. The van der Waals surface area contributed by atoms with Gasteiger partial charge in [-0.15, -0.1) is 0 Å². The molecule has 236 valence electrons. The molecule has 0 unspecified atom stereocenters. The fourth-order valence-corrected chi connectivity index (χ4v) is 6.02. The Balaban J connectivity index is 1.62. The van der Waals surface area contributed by atoms with E-state index in [1.54, 1.807) is 0 Å². The van der Waals surface area contributed by atoms with E-state index in [2.05, 4.69) is 13.8 Å². The summed E-state index contributed by atoms with van der Waals surface area (Å²) >= 11 is 0. The lowest BCUT2D eigenvalue weighted by atomic mass is 9.97. The lowest BCUT2D eigenvalue weighted by Crippen LogP contribution is -2.11. The number of carbonyl (C=O) groups excluding carboxylic acids is 2. The number of benzene rings is 3. The molecule has 0 aliphatic heterocycles. The lowest BCUT2D eigenvalue weighted by Gasteiger charge is -2.18. The van der Waals surface area contributed by atoms with Gasteiger partial charge in [0.15, 0.2) is 0 Å². The highest BCUT2D eigenvalue weighted by Gasteiger charge is 2.21. The zero-order chi connectivity index (χ0) is 30.7. The van der Waals surface area contributed by atoms with E-state index in [-0.39, 0.29) is 11.9 Å². The first-order valence-electron chi connectivity index (χ1n) is 17.4. The Kier molecular flexibility index (Phi) is 16.2. The van der Waals surface area contributed by atoms with Crippen LogP contribution >= 0.6 is 0 Å². The zero-order valence-corrected chi connectivity index (χ0v) is 27.3. The zero-order valence-electron chi connectivity index (χ0n) is 27.3. The van der Waals surface area contributed by atoms with E-state index in [9.17, 15) is 9.59 Å². The third-order valence-corrected chi connectivity index (χ3v) is 8.56. The number of hydrogen-bond donors (Lipinski definition) is 0. The minimum Gasteiger partial charge on any atom is -0.425 e. The number of hydrogen-bond acceptors (Lipinski definition) is 4. The highest BCUT2D eigenvalue weighted by Crippen LogP contribution is 2.44. The third kappa shape index (κ3) is 11.6. The van der Waals surface area contributed by atoms with Crippen LogP contribution in [0.25, 0.3) is 21.5 Å². The van der Waals surface area contributed by atoms with Gasteiger partial charge in [-0.1, -0.05) is 159 Å². The van der Waals surface area contributed by atoms with Crippen molar-refractivity contribution in [1.29, 1.82) is 0 Å². The lowest BCUT2D eigenvalue weighted by molar-refractivity contribution is -0.135. The maximum absolute atomic E-state index is 13.0. The highest BCUT2D eigenvalue weighted by atomic mass is 16.5. The number of aryl methyl sites for hydroxylation is 1. The number of rotatable bonds is 22. The molecule has 0 heterocycles. The molecule has 43 heavy (non-hydrogen) atoms. The van der Waals surface area contributed by atoms with Crippen LogP contribution < -0.4 is 9.47 Å². The van der Waals surface area contributed by atoms with E-state index < -0.39 is 0 Å². The molecule has 0 fully saturated rings. The molecule has 0 aromatic heterocycles. The quantitative estimate of drug-likeness (QED) is 0.0507. The fourth-order valence-electron chi connectivity index (χ4n) is 6.02. The predicted molar refractivity (Wildman–Crippen MR) is 181 cm³/mol. The Hall–Kier alpha value is -2.88. The van der Waals surface area contributed by atoms with Crippen molar-refractivity contribution < 1.29 is 19.1 Å². The van der Waals surface area contributed by atoms with E-state index in [1.165, 1.54) is 89.9 Å². The number of unbranched alkanes of at least 4 members (excludes halogenated alkanes) is 16. The molecule has 0 N–H and O–H groups in total. The van der Waals surface area contributed by atoms with Gasteiger partial charge in [0, 0.05) is 34.4 Å². The molecule has 0 amide bonds. The first-order valence-corrected chi connectivity index (χ1v) is 17.4. The van der Waals surface area contributed by atoms with Gasteiger partial charge in [0.2, 0.25) is 0 Å². The van der Waals surface area contributed by atoms with Crippen molar-refractivity contribution >= 4 is 33.5 Å². The second-order valence-corrected chi connectivity index (χ2v) is 12.3. The van der Waals surface area contributed by atoms with Gasteiger partial charge >= 0.3 is 11.9 Å². The van der Waals surface area contributed by atoms with Gasteiger partial charge in [-0.05, 0) is 25.3 Å². The Morgan fingerprint density at radius 3 is 1.37 bits per heavy atom. The summed E-state index contributed by atoms with van der Waals surface area (Å²) in [5.41, 5.74) is 0.991. The standard InChI is InChI=1S/C39H56O4/c1-4-6-8-10-12-14-16-18-20-29-35(40)42-38-32-26-22-23-27-33(32)39(37-31(3)25-24-28-34(37)38)43-36(41)30-21-19-17-15-13-11-9-7-5-2/h22-28H,4-21,29-30H2,1-3H3. The normalized spacial score (nSPS) is 11.3. The van der Waals surface area contributed by atoms with Crippen LogP contribution in [0.15, 0.2) is 42.5 Å². The summed E-state index contributed by atoms with van der Waals surface area (Å²) < 4.78 is 12.2. The van der Waals surface area contributed by atoms with Gasteiger partial charge < -0.3 is 9.47 Å². The second kappa shape index (κ2) is 20.1. The molecule has 3 aromatic carbocycles. The van der Waals surface area contributed by atoms with Gasteiger partial charge in [0.1, 0.15) is 11.5 Å². The Labute approximate surface area is 260 Å². The van der Waals surface area contributed by atoms with E-state index in [0.717, 1.165) is 52.8 Å². The second-order valence-electron chi connectivity index (χ2n) is 12.3. The van der Waals surface area contributed by atoms with Gasteiger partial charge in [-0.3, -0.25) is 9.59 Å². The molecule has 4 heteroatoms. The van der Waals surface area contributed by atoms with E-state index in [0.29, 0.717) is 24.3 Å². The van der Waals surface area contributed by atoms with Crippen molar-refractivity contribution in [3.63, 3.8) is 0 Å². The molecule has 0 radical (unpaired) electrons. The van der Waals surface area contributed by atoms with Crippen molar-refractivity contribution in [1.82, 2.24) is 0 Å². The summed E-state index contributed by atoms with van der Waals surface area (Å²) in [6, 6.07) is 13.7. The predicted octanol–water partition coefficient (Wildman–Crippen LogP) is 12.0. The van der Waals surface area contributed by atoms with E-state index in [1.807, 2.05) is 49.4 Å². The molecule has 4 nitrogen and oxygen atoms in total. The maximum atomic E-state index is 13.0. The maximum Gasteiger partial charge on any atom is 0.311 e. The minimum absolute atomic E-state index is 0.201. The summed E-state index contributed by atoms with van der Waals surface area (Å²) in [6.45, 7) is 6.51. The van der Waals surface area contributed by atoms with E-state index >= 15 is 0 Å². The molecule has 0 saturated carbocycles. The summed E-state index contributed by atoms with van der Waals surface area (Å²) in [6.07, 6.45) is 22.5. The number of carbonyl (C=O) groups is 2. The van der Waals surface area contributed by atoms with E-state index in [4.69, 9.17) is 9.47 Å². The van der Waals surface area contributed by atoms with Crippen LogP contribution in [0.2, 0.25) is 0 Å². The highest BCUT2D eigenvalue weighted by molar-refractivity contribution is 6.13. The van der Waals surface area contributed by atoms with Crippen LogP contribution in [-0.4, -0.2) is 11.9 Å². The minimum atomic E-state index is -0.203. The third-order valence-electron chi connectivity index (χ3n) is 8.56. The molecule has 0 atom stereocenters. The Bertz CT molecular complexity index is 1260. The van der Waals surface area contributed by atoms with Gasteiger partial charge in [-0.2, -0.15) is 0 Å². The van der Waals surface area contributed by atoms with Crippen molar-refractivity contribution in [3.8, 4) is 11.5 Å². The van der Waals surface area contributed by atoms with Crippen molar-refractivity contribution in [2.24, 2.45) is 0 Å². The molecule has 0 aliphatic rings. The molecule has 0 spiro atoms. The number of ether oxygens (including phenoxy) is 2. The van der Waals surface area contributed by atoms with Gasteiger partial charge in [0.05, 0.1) is 0 Å². The molecule has 0 bridgehead atoms. The summed E-state index contributed by atoms with van der Waals surface area (Å²) in [5.74, 6) is 0.732. The molecule has 0 saturated heterocycles. The van der Waals surface area contributed by atoms with Crippen LogP contribution in [0.3, 0.4) is 0 Å². The molecule has 0 aliphatic carbocycles. The summed E-state index contributed by atoms with van der Waals surface area (Å²) in [5, 5.41) is 3.25. The first kappa shape index (κ1) is 34.6. The molecular weight excluding hydrogens is 532 g/mol. The van der Waals surface area contributed by atoms with Crippen molar-refractivity contribution in [3.05, 3.63) is 48.0 Å². The average molecular weight is 589 g/mol. The fraction of sp³-hybridized carbons (Fsp3) is 0.590. The average Bonchev–Trinajstić information content (AvgIpc) is 3.01. The van der Waals surface area contributed by atoms with Crippen LogP contribution in [0, 0.1) is 6.92 Å². The largest absolute Gasteiger partial charge is 0.425 e. The van der Waals surface area contributed by atoms with Crippen molar-refractivity contribution in [2.75, 3.05) is 0 Å². The number of fused-ring (bicyclic) bond motifs is 2. The molecular formula is C39H56O4. The van der Waals surface area contributed by atoms with Crippen molar-refractivity contribution in [2.45, 2.75) is 149 Å². The number of esters is 2. The van der Waals surface area contributed by atoms with Crippen LogP contribution in [-0.2, 0) is 9.59 Å². The van der Waals surface area contributed by atoms with Gasteiger partial charge in [-0.25, -0.2) is 0 Å². The smallest absolute Gasteiger partial charge is 0.311 e. The van der Waals surface area contributed by atoms with Gasteiger partial charge in [0.25, 0.3) is 0 Å². The SMILES string of the molecule is CCCCCCCCCCCC(=O)Oc1c2ccccc2c(OC(=O)CCCCCCCCCCC)c2c(C)cccc12. The molecule has 3 aromatic rings. The Morgan fingerprint density at radius 1 is 0.488 bits per heavy atom. The molecule has 3 rings (SSSR count). The van der Waals surface area contributed by atoms with Crippen LogP contribution in [0.4, 0.5) is 0 Å². The van der Waals surface area contributed by atoms with Crippen LogP contribution in [0.1, 0.15) is 148 Å². The first-order chi connectivity index (χ1) is 21.1. The topological polar surface area (TPSA) is 52.6 Å².